The number of nitrogens with zero attached hydrogens (tertiary/aromatic N) is 2. The summed E-state index contributed by atoms with van der Waals surface area (Å²) in [4.78, 5) is 7.25. The molecular weight excluding hydrogens is 114 g/mol. The van der Waals surface area contributed by atoms with Crippen LogP contribution in [0, 0.1) is 0 Å². The van der Waals surface area contributed by atoms with Gasteiger partial charge in [-0.05, 0) is 0 Å². The van der Waals surface area contributed by atoms with Crippen LogP contribution in [-0.2, 0) is 0 Å². The van der Waals surface area contributed by atoms with Crippen molar-refractivity contribution in [3.05, 3.63) is 25.6 Å². The van der Waals surface area contributed by atoms with Gasteiger partial charge in [0.15, 0.2) is 0 Å². The summed E-state index contributed by atoms with van der Waals surface area (Å²) in [5.41, 5.74) is 5.25. The third-order valence-electron chi connectivity index (χ3n) is 0.553. The van der Waals surface area contributed by atoms with E-state index in [0.29, 0.717) is 5.84 Å². The Morgan fingerprint density at radius 2 is 2.00 bits per heavy atom. The molecular formula is C6H9N3. The van der Waals surface area contributed by atoms with Crippen LogP contribution in [0.1, 0.15) is 0 Å². The first-order chi connectivity index (χ1) is 4.31. The van der Waals surface area contributed by atoms with Crippen LogP contribution in [0.25, 0.3) is 0 Å². The lowest BCUT2D eigenvalue weighted by atomic mass is 10.6. The van der Waals surface area contributed by atoms with Crippen molar-refractivity contribution in [1.82, 2.24) is 0 Å². The van der Waals surface area contributed by atoms with Crippen molar-refractivity contribution in [3.63, 3.8) is 0 Å². The van der Waals surface area contributed by atoms with Gasteiger partial charge in [0.2, 0.25) is 0 Å². The van der Waals surface area contributed by atoms with Crippen LogP contribution in [0.2, 0.25) is 0 Å². The molecule has 0 radical (unpaired) electrons. The van der Waals surface area contributed by atoms with Gasteiger partial charge in [-0.3, -0.25) is 4.99 Å². The Labute approximate surface area is 54.3 Å². The summed E-state index contributed by atoms with van der Waals surface area (Å²) < 4.78 is 0. The summed E-state index contributed by atoms with van der Waals surface area (Å²) in [5.74, 6) is 0.324. The average Bonchev–Trinajstić information content (AvgIpc) is 1.85. The Morgan fingerprint density at radius 3 is 2.44 bits per heavy atom. The number of rotatable bonds is 3. The normalized spacial score (nSPS) is 11.8. The van der Waals surface area contributed by atoms with Crippen molar-refractivity contribution in [3.8, 4) is 0 Å². The molecule has 0 aliphatic carbocycles. The predicted octanol–water partition coefficient (Wildman–Crippen LogP) is 0.701. The highest BCUT2D eigenvalue weighted by atomic mass is 14.9. The number of hydrogen-bond donors (Lipinski definition) is 1. The third-order valence-corrected chi connectivity index (χ3v) is 0.553. The minimum Gasteiger partial charge on any atom is -0.382 e. The van der Waals surface area contributed by atoms with E-state index in [-0.39, 0.29) is 0 Å². The first-order valence-corrected chi connectivity index (χ1v) is 2.39. The van der Waals surface area contributed by atoms with Gasteiger partial charge in [0.05, 0.1) is 6.21 Å². The second kappa shape index (κ2) is 4.77. The Kier molecular flexibility index (Phi) is 4.04. The minimum absolute atomic E-state index is 0.324. The summed E-state index contributed by atoms with van der Waals surface area (Å²) in [6, 6.07) is 0. The van der Waals surface area contributed by atoms with Gasteiger partial charge in [0.1, 0.15) is 5.84 Å². The molecule has 0 spiro atoms. The fourth-order valence-corrected chi connectivity index (χ4v) is 0.268. The number of aliphatic imine (C=N–C) groups is 2. The van der Waals surface area contributed by atoms with E-state index < -0.39 is 0 Å². The van der Waals surface area contributed by atoms with Crippen LogP contribution in [0.4, 0.5) is 0 Å². The molecule has 0 unspecified atom stereocenters. The Hall–Kier alpha value is -1.38. The Morgan fingerprint density at radius 1 is 1.33 bits per heavy atom. The van der Waals surface area contributed by atoms with Gasteiger partial charge >= 0.3 is 0 Å². The maximum Gasteiger partial charge on any atom is 0.141 e. The van der Waals surface area contributed by atoms with Crippen molar-refractivity contribution in [2.24, 2.45) is 15.7 Å². The van der Waals surface area contributed by atoms with Crippen LogP contribution in [0.15, 0.2) is 35.5 Å². The molecule has 0 amide bonds. The van der Waals surface area contributed by atoms with Gasteiger partial charge < -0.3 is 5.73 Å². The number of hydrogen-bond acceptors (Lipinski definition) is 2. The smallest absolute Gasteiger partial charge is 0.141 e. The van der Waals surface area contributed by atoms with Crippen molar-refractivity contribution < 1.29 is 0 Å². The molecule has 9 heavy (non-hydrogen) atoms. The number of amidine groups is 1. The first kappa shape index (κ1) is 7.62. The van der Waals surface area contributed by atoms with E-state index in [4.69, 9.17) is 5.73 Å². The molecule has 48 valence electrons. The Balaban J connectivity index is 3.88. The molecule has 0 heterocycles. The highest BCUT2D eigenvalue weighted by Crippen LogP contribution is 1.69. The largest absolute Gasteiger partial charge is 0.382 e. The van der Waals surface area contributed by atoms with Crippen molar-refractivity contribution in [2.75, 3.05) is 0 Å². The summed E-state index contributed by atoms with van der Waals surface area (Å²) in [5, 5.41) is 0. The van der Waals surface area contributed by atoms with Crippen LogP contribution >= 0.6 is 0 Å². The third kappa shape index (κ3) is 4.47. The standard InChI is InChI=1S/C6H9N3/c1-3-8-5-6(7)9-4-2/h3-5H,1-2H2,(H2,7,9)/b8-5-. The van der Waals surface area contributed by atoms with Gasteiger partial charge in [-0.25, -0.2) is 4.99 Å². The fraction of sp³-hybridized carbons (Fsp3) is 0. The maximum atomic E-state index is 5.25. The summed E-state index contributed by atoms with van der Waals surface area (Å²) >= 11 is 0. The average molecular weight is 123 g/mol. The van der Waals surface area contributed by atoms with E-state index in [1.54, 1.807) is 0 Å². The van der Waals surface area contributed by atoms with Gasteiger partial charge in [-0.2, -0.15) is 0 Å². The molecule has 3 nitrogen and oxygen atoms in total. The van der Waals surface area contributed by atoms with Crippen LogP contribution < -0.4 is 5.73 Å². The summed E-state index contributed by atoms with van der Waals surface area (Å²) in [7, 11) is 0. The van der Waals surface area contributed by atoms with Gasteiger partial charge in [-0.1, -0.05) is 13.2 Å². The number of nitrogens with two attached hydrogens (primary N) is 1. The van der Waals surface area contributed by atoms with Crippen molar-refractivity contribution >= 4 is 12.1 Å². The van der Waals surface area contributed by atoms with E-state index in [2.05, 4.69) is 23.1 Å². The lowest BCUT2D eigenvalue weighted by Crippen LogP contribution is -2.11. The molecule has 0 saturated carbocycles. The summed E-state index contributed by atoms with van der Waals surface area (Å²) in [6.07, 6.45) is 4.13. The quantitative estimate of drug-likeness (QED) is 0.436. The van der Waals surface area contributed by atoms with Crippen LogP contribution in [-0.4, -0.2) is 12.1 Å². The molecule has 0 aromatic carbocycles. The molecule has 3 heteroatoms. The monoisotopic (exact) mass is 123 g/mol. The highest BCUT2D eigenvalue weighted by molar-refractivity contribution is 6.28. The zero-order valence-corrected chi connectivity index (χ0v) is 5.12. The van der Waals surface area contributed by atoms with Crippen LogP contribution in [0.5, 0.6) is 0 Å². The molecule has 0 aromatic heterocycles. The molecule has 0 rings (SSSR count). The molecule has 0 fully saturated rings. The second-order valence-electron chi connectivity index (χ2n) is 1.20. The topological polar surface area (TPSA) is 50.7 Å². The lowest BCUT2D eigenvalue weighted by Gasteiger charge is -1.82. The zero-order chi connectivity index (χ0) is 7.11. The van der Waals surface area contributed by atoms with E-state index in [0.717, 1.165) is 0 Å². The zero-order valence-electron chi connectivity index (χ0n) is 5.12. The van der Waals surface area contributed by atoms with E-state index >= 15 is 0 Å². The van der Waals surface area contributed by atoms with Gasteiger partial charge in [0.25, 0.3) is 0 Å². The molecule has 2 N–H and O–H groups in total. The van der Waals surface area contributed by atoms with Gasteiger partial charge in [-0.15, -0.1) is 0 Å². The highest BCUT2D eigenvalue weighted by Gasteiger charge is 1.76. The summed E-state index contributed by atoms with van der Waals surface area (Å²) in [6.45, 7) is 6.71. The second-order valence-corrected chi connectivity index (χ2v) is 1.20. The fourth-order valence-electron chi connectivity index (χ4n) is 0.268. The lowest BCUT2D eigenvalue weighted by molar-refractivity contribution is 1.53. The van der Waals surface area contributed by atoms with E-state index in [1.165, 1.54) is 18.6 Å². The SMILES string of the molecule is C=C/N=C\C(N)=N/C=C. The van der Waals surface area contributed by atoms with Crippen molar-refractivity contribution in [1.29, 1.82) is 0 Å². The maximum absolute atomic E-state index is 5.25. The molecule has 0 aromatic rings. The Bertz CT molecular complexity index is 156. The molecule has 0 atom stereocenters. The minimum atomic E-state index is 0.324. The van der Waals surface area contributed by atoms with Crippen molar-refractivity contribution in [2.45, 2.75) is 0 Å². The molecule has 0 aliphatic heterocycles. The molecule has 0 bridgehead atoms. The molecule has 0 aliphatic rings. The molecule has 0 saturated heterocycles. The van der Waals surface area contributed by atoms with Gasteiger partial charge in [0, 0.05) is 12.4 Å². The first-order valence-electron chi connectivity index (χ1n) is 2.39. The van der Waals surface area contributed by atoms with Crippen LogP contribution in [0.3, 0.4) is 0 Å². The van der Waals surface area contributed by atoms with E-state index in [9.17, 15) is 0 Å². The van der Waals surface area contributed by atoms with E-state index in [1.807, 2.05) is 0 Å². The predicted molar refractivity (Wildman–Crippen MR) is 40.5 cm³/mol.